The number of hydrogen-bond acceptors (Lipinski definition) is 4. The van der Waals surface area contributed by atoms with Gasteiger partial charge in [-0.1, -0.05) is 24.3 Å². The number of aliphatic hydroxyl groups is 1. The Balaban J connectivity index is 1.38. The van der Waals surface area contributed by atoms with Gasteiger partial charge in [0.1, 0.15) is 5.76 Å². The van der Waals surface area contributed by atoms with Crippen molar-refractivity contribution in [3.63, 3.8) is 0 Å². The summed E-state index contributed by atoms with van der Waals surface area (Å²) in [6.07, 6.45) is 6.03. The second-order valence-electron chi connectivity index (χ2n) is 7.62. The van der Waals surface area contributed by atoms with E-state index in [1.54, 1.807) is 6.26 Å². The van der Waals surface area contributed by atoms with Gasteiger partial charge in [-0.15, -0.1) is 0 Å². The number of rotatable bonds is 5. The predicted molar refractivity (Wildman–Crippen MR) is 99.3 cm³/mol. The number of β-amino-alcohol motifs (C(OH)–C–C–N with tert-alkyl or cyclic N) is 1. The van der Waals surface area contributed by atoms with E-state index in [1.165, 1.54) is 24.0 Å². The van der Waals surface area contributed by atoms with Gasteiger partial charge in [0.25, 0.3) is 0 Å². The van der Waals surface area contributed by atoms with E-state index < -0.39 is 5.60 Å². The Morgan fingerprint density at radius 1 is 0.920 bits per heavy atom. The van der Waals surface area contributed by atoms with Crippen LogP contribution < -0.4 is 0 Å². The Hall–Kier alpha value is -1.62. The molecule has 1 aromatic heterocycles. The van der Waals surface area contributed by atoms with Gasteiger partial charge in [0.2, 0.25) is 0 Å². The Morgan fingerprint density at radius 3 is 2.40 bits per heavy atom. The van der Waals surface area contributed by atoms with Crippen LogP contribution in [0.3, 0.4) is 0 Å². The van der Waals surface area contributed by atoms with Gasteiger partial charge >= 0.3 is 0 Å². The van der Waals surface area contributed by atoms with E-state index in [9.17, 15) is 5.11 Å². The van der Waals surface area contributed by atoms with Gasteiger partial charge in [-0.2, -0.15) is 0 Å². The minimum Gasteiger partial charge on any atom is -0.464 e. The molecule has 0 atom stereocenters. The van der Waals surface area contributed by atoms with Crippen molar-refractivity contribution >= 4 is 0 Å². The van der Waals surface area contributed by atoms with Gasteiger partial charge in [-0.05, 0) is 56.5 Å². The van der Waals surface area contributed by atoms with E-state index in [1.807, 2.05) is 12.1 Å². The number of nitrogens with zero attached hydrogens (tertiary/aromatic N) is 2. The number of benzene rings is 1. The highest BCUT2D eigenvalue weighted by Gasteiger charge is 2.34. The molecule has 1 aromatic carbocycles. The van der Waals surface area contributed by atoms with Gasteiger partial charge in [0.15, 0.2) is 0 Å². The molecule has 2 aliphatic heterocycles. The number of hydrogen-bond donors (Lipinski definition) is 1. The molecule has 0 bridgehead atoms. The second-order valence-corrected chi connectivity index (χ2v) is 7.62. The molecule has 2 saturated heterocycles. The molecule has 3 heterocycles. The van der Waals surface area contributed by atoms with Crippen molar-refractivity contribution in [3.05, 3.63) is 48.2 Å². The molecule has 2 aromatic rings. The lowest BCUT2D eigenvalue weighted by atomic mass is 9.90. The van der Waals surface area contributed by atoms with E-state index in [0.29, 0.717) is 0 Å². The van der Waals surface area contributed by atoms with Gasteiger partial charge < -0.3 is 14.4 Å². The first kappa shape index (κ1) is 16.8. The van der Waals surface area contributed by atoms with Crippen molar-refractivity contribution in [1.82, 2.24) is 9.80 Å². The Morgan fingerprint density at radius 2 is 1.68 bits per heavy atom. The number of piperidine rings is 1. The van der Waals surface area contributed by atoms with E-state index in [-0.39, 0.29) is 0 Å². The maximum Gasteiger partial charge on any atom is 0.134 e. The standard InChI is InChI=1S/C21H28N2O2/c24-21(17-23-11-3-4-12-23)9-13-22(14-10-21)16-18-6-1-2-7-19(18)20-8-5-15-25-20/h1-2,5-8,15,24H,3-4,9-14,16-17H2. The normalized spacial score (nSPS) is 21.6. The van der Waals surface area contributed by atoms with Crippen LogP contribution in [-0.4, -0.2) is 53.2 Å². The molecule has 2 aliphatic rings. The van der Waals surface area contributed by atoms with E-state index in [4.69, 9.17) is 4.42 Å². The fourth-order valence-corrected chi connectivity index (χ4v) is 4.21. The van der Waals surface area contributed by atoms with Crippen molar-refractivity contribution in [3.8, 4) is 11.3 Å². The summed E-state index contributed by atoms with van der Waals surface area (Å²) < 4.78 is 5.59. The van der Waals surface area contributed by atoms with Crippen molar-refractivity contribution in [2.75, 3.05) is 32.7 Å². The van der Waals surface area contributed by atoms with E-state index >= 15 is 0 Å². The SMILES string of the molecule is OC1(CN2CCCC2)CCN(Cc2ccccc2-c2ccco2)CC1. The molecule has 4 nitrogen and oxygen atoms in total. The first-order valence-corrected chi connectivity index (χ1v) is 9.51. The molecule has 0 saturated carbocycles. The van der Waals surface area contributed by atoms with Crippen LogP contribution in [0, 0.1) is 0 Å². The topological polar surface area (TPSA) is 39.9 Å². The highest BCUT2D eigenvalue weighted by atomic mass is 16.3. The lowest BCUT2D eigenvalue weighted by Gasteiger charge is -2.40. The Labute approximate surface area is 150 Å². The average Bonchev–Trinajstić information content (AvgIpc) is 3.31. The van der Waals surface area contributed by atoms with Crippen LogP contribution in [0.2, 0.25) is 0 Å². The molecule has 1 N–H and O–H groups in total. The monoisotopic (exact) mass is 340 g/mol. The van der Waals surface area contributed by atoms with Crippen molar-refractivity contribution in [2.24, 2.45) is 0 Å². The minimum atomic E-state index is -0.499. The van der Waals surface area contributed by atoms with Gasteiger partial charge in [-0.25, -0.2) is 0 Å². The maximum atomic E-state index is 10.9. The smallest absolute Gasteiger partial charge is 0.134 e. The van der Waals surface area contributed by atoms with Gasteiger partial charge in [-0.3, -0.25) is 4.90 Å². The molecule has 25 heavy (non-hydrogen) atoms. The highest BCUT2D eigenvalue weighted by Crippen LogP contribution is 2.29. The van der Waals surface area contributed by atoms with Crippen LogP contribution in [0.5, 0.6) is 0 Å². The highest BCUT2D eigenvalue weighted by molar-refractivity contribution is 5.61. The Kier molecular flexibility index (Phi) is 4.93. The number of likely N-dealkylation sites (tertiary alicyclic amines) is 2. The van der Waals surface area contributed by atoms with Crippen molar-refractivity contribution < 1.29 is 9.52 Å². The summed E-state index contributed by atoms with van der Waals surface area (Å²) in [5.41, 5.74) is 1.97. The molecule has 4 rings (SSSR count). The first-order valence-electron chi connectivity index (χ1n) is 9.51. The summed E-state index contributed by atoms with van der Waals surface area (Å²) in [7, 11) is 0. The van der Waals surface area contributed by atoms with Crippen LogP contribution >= 0.6 is 0 Å². The van der Waals surface area contributed by atoms with Crippen LogP contribution in [0.1, 0.15) is 31.2 Å². The molecule has 134 valence electrons. The third-order valence-electron chi connectivity index (χ3n) is 5.70. The maximum absolute atomic E-state index is 10.9. The summed E-state index contributed by atoms with van der Waals surface area (Å²) >= 11 is 0. The fraction of sp³-hybridized carbons (Fsp3) is 0.524. The van der Waals surface area contributed by atoms with Crippen molar-refractivity contribution in [1.29, 1.82) is 0 Å². The summed E-state index contributed by atoms with van der Waals surface area (Å²) in [6, 6.07) is 12.4. The summed E-state index contributed by atoms with van der Waals surface area (Å²) in [4.78, 5) is 4.89. The third kappa shape index (κ3) is 3.97. The zero-order chi connectivity index (χ0) is 17.1. The predicted octanol–water partition coefficient (Wildman–Crippen LogP) is 3.37. The summed E-state index contributed by atoms with van der Waals surface area (Å²) in [6.45, 7) is 5.99. The largest absolute Gasteiger partial charge is 0.464 e. The molecule has 0 unspecified atom stereocenters. The molecular formula is C21H28N2O2. The van der Waals surface area contributed by atoms with Crippen molar-refractivity contribution in [2.45, 2.75) is 37.8 Å². The molecule has 0 amide bonds. The summed E-state index contributed by atoms with van der Waals surface area (Å²) in [5, 5.41) is 10.9. The first-order chi connectivity index (χ1) is 12.2. The minimum absolute atomic E-state index is 0.499. The summed E-state index contributed by atoms with van der Waals surface area (Å²) in [5.74, 6) is 0.929. The van der Waals surface area contributed by atoms with Crippen LogP contribution in [0.25, 0.3) is 11.3 Å². The quantitative estimate of drug-likeness (QED) is 0.906. The molecular weight excluding hydrogens is 312 g/mol. The van der Waals surface area contributed by atoms with Crippen LogP contribution in [0.4, 0.5) is 0 Å². The Bertz CT molecular complexity index is 669. The van der Waals surface area contributed by atoms with E-state index in [0.717, 1.165) is 57.9 Å². The lowest BCUT2D eigenvalue weighted by molar-refractivity contribution is -0.0430. The molecule has 4 heteroatoms. The van der Waals surface area contributed by atoms with Gasteiger partial charge in [0.05, 0.1) is 11.9 Å². The fourth-order valence-electron chi connectivity index (χ4n) is 4.21. The van der Waals surface area contributed by atoms with E-state index in [2.05, 4.69) is 34.1 Å². The number of furan rings is 1. The average molecular weight is 340 g/mol. The zero-order valence-corrected chi connectivity index (χ0v) is 14.9. The lowest BCUT2D eigenvalue weighted by Crippen LogP contribution is -2.50. The molecule has 0 spiro atoms. The van der Waals surface area contributed by atoms with Crippen LogP contribution in [-0.2, 0) is 6.54 Å². The van der Waals surface area contributed by atoms with Gasteiger partial charge in [0, 0.05) is 31.7 Å². The zero-order valence-electron chi connectivity index (χ0n) is 14.9. The van der Waals surface area contributed by atoms with Crippen LogP contribution in [0.15, 0.2) is 47.1 Å². The molecule has 0 radical (unpaired) electrons. The molecule has 2 fully saturated rings. The molecule has 0 aliphatic carbocycles. The second kappa shape index (κ2) is 7.32. The third-order valence-corrected chi connectivity index (χ3v) is 5.70.